The number of thiocarbonyl (C=S) groups is 1. The zero-order valence-corrected chi connectivity index (χ0v) is 9.33. The molecule has 4 heteroatoms. The van der Waals surface area contributed by atoms with E-state index in [0.29, 0.717) is 16.8 Å². The van der Waals surface area contributed by atoms with Gasteiger partial charge in [-0.25, -0.2) is 4.39 Å². The predicted molar refractivity (Wildman–Crippen MR) is 63.5 cm³/mol. The molecule has 15 heavy (non-hydrogen) atoms. The van der Waals surface area contributed by atoms with Crippen LogP contribution in [0.4, 0.5) is 10.1 Å². The molecule has 0 saturated heterocycles. The molecule has 0 heterocycles. The first kappa shape index (κ1) is 10.4. The molecule has 2 nitrogen and oxygen atoms in total. The van der Waals surface area contributed by atoms with Crippen LogP contribution in [0.5, 0.6) is 0 Å². The summed E-state index contributed by atoms with van der Waals surface area (Å²) in [7, 11) is 0. The highest BCUT2D eigenvalue weighted by Crippen LogP contribution is 2.19. The fraction of sp³-hybridized carbons (Fsp3) is 0.364. The van der Waals surface area contributed by atoms with Crippen LogP contribution >= 0.6 is 12.2 Å². The largest absolute Gasteiger partial charge is 0.360 e. The number of anilines is 1. The van der Waals surface area contributed by atoms with E-state index in [0.717, 1.165) is 18.4 Å². The smallest absolute Gasteiger partial charge is 0.171 e. The Balaban J connectivity index is 1.99. The summed E-state index contributed by atoms with van der Waals surface area (Å²) >= 11 is 5.06. The molecular formula is C11H13FN2S. The van der Waals surface area contributed by atoms with Gasteiger partial charge in [0.05, 0.1) is 5.69 Å². The maximum Gasteiger partial charge on any atom is 0.171 e. The van der Waals surface area contributed by atoms with Crippen LogP contribution in [0.2, 0.25) is 0 Å². The Morgan fingerprint density at radius 1 is 1.47 bits per heavy atom. The van der Waals surface area contributed by atoms with Gasteiger partial charge in [0.2, 0.25) is 0 Å². The molecule has 0 aliphatic heterocycles. The van der Waals surface area contributed by atoms with Crippen LogP contribution in [0.3, 0.4) is 0 Å². The van der Waals surface area contributed by atoms with Crippen molar-refractivity contribution in [2.75, 3.05) is 5.32 Å². The van der Waals surface area contributed by atoms with Crippen molar-refractivity contribution in [1.29, 1.82) is 0 Å². The molecule has 0 amide bonds. The minimum absolute atomic E-state index is 0.269. The highest BCUT2D eigenvalue weighted by Gasteiger charge is 2.21. The quantitative estimate of drug-likeness (QED) is 0.755. The Kier molecular flexibility index (Phi) is 2.86. The Labute approximate surface area is 93.9 Å². The van der Waals surface area contributed by atoms with Gasteiger partial charge < -0.3 is 10.6 Å². The monoisotopic (exact) mass is 224 g/mol. The van der Waals surface area contributed by atoms with Gasteiger partial charge in [0.25, 0.3) is 0 Å². The highest BCUT2D eigenvalue weighted by atomic mass is 32.1. The molecule has 1 aliphatic carbocycles. The van der Waals surface area contributed by atoms with Crippen molar-refractivity contribution < 1.29 is 4.39 Å². The molecule has 1 aliphatic rings. The lowest BCUT2D eigenvalue weighted by Gasteiger charge is -2.10. The standard InChI is InChI=1S/C11H13FN2S/c1-7-2-5-10(9(12)6-7)14-11(15)13-8-3-4-8/h2,5-6,8H,3-4H2,1H3,(H2,13,14,15). The molecule has 1 aromatic carbocycles. The van der Waals surface area contributed by atoms with Crippen LogP contribution in [-0.2, 0) is 0 Å². The molecule has 0 spiro atoms. The van der Waals surface area contributed by atoms with E-state index in [4.69, 9.17) is 12.2 Å². The molecule has 1 saturated carbocycles. The van der Waals surface area contributed by atoms with Crippen molar-refractivity contribution in [1.82, 2.24) is 5.32 Å². The number of rotatable bonds is 2. The second kappa shape index (κ2) is 4.14. The van der Waals surface area contributed by atoms with E-state index in [2.05, 4.69) is 10.6 Å². The average Bonchev–Trinajstić information content (AvgIpc) is 2.94. The highest BCUT2D eigenvalue weighted by molar-refractivity contribution is 7.80. The van der Waals surface area contributed by atoms with Crippen LogP contribution in [0, 0.1) is 12.7 Å². The Morgan fingerprint density at radius 2 is 2.20 bits per heavy atom. The molecule has 0 radical (unpaired) electrons. The number of hydrogen-bond donors (Lipinski definition) is 2. The molecule has 0 bridgehead atoms. The summed E-state index contributed by atoms with van der Waals surface area (Å²) < 4.78 is 13.4. The van der Waals surface area contributed by atoms with Crippen molar-refractivity contribution in [2.24, 2.45) is 0 Å². The third-order valence-electron chi connectivity index (χ3n) is 2.29. The van der Waals surface area contributed by atoms with Gasteiger partial charge in [0.15, 0.2) is 5.11 Å². The van der Waals surface area contributed by atoms with Gasteiger partial charge in [-0.3, -0.25) is 0 Å². The molecule has 80 valence electrons. The minimum atomic E-state index is -0.269. The van der Waals surface area contributed by atoms with Crippen LogP contribution in [0.25, 0.3) is 0 Å². The average molecular weight is 224 g/mol. The summed E-state index contributed by atoms with van der Waals surface area (Å²) in [5, 5.41) is 6.45. The van der Waals surface area contributed by atoms with Gasteiger partial charge >= 0.3 is 0 Å². The topological polar surface area (TPSA) is 24.1 Å². The first-order valence-corrected chi connectivity index (χ1v) is 5.39. The summed E-state index contributed by atoms with van der Waals surface area (Å²) in [5.74, 6) is -0.269. The Bertz CT molecular complexity index is 388. The summed E-state index contributed by atoms with van der Waals surface area (Å²) in [6, 6.07) is 5.53. The van der Waals surface area contributed by atoms with E-state index in [1.807, 2.05) is 13.0 Å². The van der Waals surface area contributed by atoms with Gasteiger partial charge in [-0.2, -0.15) is 0 Å². The Hall–Kier alpha value is -1.16. The summed E-state index contributed by atoms with van der Waals surface area (Å²) in [5.41, 5.74) is 1.33. The van der Waals surface area contributed by atoms with Crippen LogP contribution in [0.1, 0.15) is 18.4 Å². The van der Waals surface area contributed by atoms with Gasteiger partial charge in [-0.05, 0) is 49.7 Å². The van der Waals surface area contributed by atoms with Crippen molar-refractivity contribution in [3.63, 3.8) is 0 Å². The third kappa shape index (κ3) is 2.89. The maximum atomic E-state index is 13.4. The van der Waals surface area contributed by atoms with Crippen molar-refractivity contribution in [3.8, 4) is 0 Å². The van der Waals surface area contributed by atoms with E-state index in [1.54, 1.807) is 6.07 Å². The van der Waals surface area contributed by atoms with Crippen molar-refractivity contribution in [3.05, 3.63) is 29.6 Å². The number of aryl methyl sites for hydroxylation is 1. The predicted octanol–water partition coefficient (Wildman–Crippen LogP) is 2.58. The van der Waals surface area contributed by atoms with Gasteiger partial charge in [-0.1, -0.05) is 6.07 Å². The number of benzene rings is 1. The summed E-state index contributed by atoms with van der Waals surface area (Å²) in [4.78, 5) is 0. The summed E-state index contributed by atoms with van der Waals surface area (Å²) in [6.45, 7) is 1.85. The zero-order chi connectivity index (χ0) is 10.8. The van der Waals surface area contributed by atoms with E-state index in [-0.39, 0.29) is 5.82 Å². The Morgan fingerprint density at radius 3 is 2.80 bits per heavy atom. The zero-order valence-electron chi connectivity index (χ0n) is 8.51. The third-order valence-corrected chi connectivity index (χ3v) is 2.51. The second-order valence-corrected chi connectivity index (χ2v) is 4.26. The van der Waals surface area contributed by atoms with E-state index in [9.17, 15) is 4.39 Å². The maximum absolute atomic E-state index is 13.4. The summed E-state index contributed by atoms with van der Waals surface area (Å²) in [6.07, 6.45) is 2.30. The van der Waals surface area contributed by atoms with Crippen molar-refractivity contribution >= 4 is 23.0 Å². The lowest BCUT2D eigenvalue weighted by Crippen LogP contribution is -2.30. The van der Waals surface area contributed by atoms with Crippen molar-refractivity contribution in [2.45, 2.75) is 25.8 Å². The van der Waals surface area contributed by atoms with E-state index < -0.39 is 0 Å². The molecular weight excluding hydrogens is 211 g/mol. The van der Waals surface area contributed by atoms with Crippen LogP contribution < -0.4 is 10.6 Å². The first-order chi connectivity index (χ1) is 7.15. The number of hydrogen-bond acceptors (Lipinski definition) is 1. The molecule has 0 unspecified atom stereocenters. The van der Waals surface area contributed by atoms with Crippen LogP contribution in [0.15, 0.2) is 18.2 Å². The molecule has 2 rings (SSSR count). The lowest BCUT2D eigenvalue weighted by atomic mass is 10.2. The molecule has 0 aromatic heterocycles. The van der Waals surface area contributed by atoms with Crippen LogP contribution in [-0.4, -0.2) is 11.2 Å². The normalized spacial score (nSPS) is 14.8. The second-order valence-electron chi connectivity index (χ2n) is 3.86. The molecule has 2 N–H and O–H groups in total. The fourth-order valence-corrected chi connectivity index (χ4v) is 1.57. The van der Waals surface area contributed by atoms with E-state index >= 15 is 0 Å². The van der Waals surface area contributed by atoms with Gasteiger partial charge in [0.1, 0.15) is 5.82 Å². The van der Waals surface area contributed by atoms with E-state index in [1.165, 1.54) is 6.07 Å². The first-order valence-electron chi connectivity index (χ1n) is 4.99. The number of nitrogens with one attached hydrogen (secondary N) is 2. The lowest BCUT2D eigenvalue weighted by molar-refractivity contribution is 0.631. The SMILES string of the molecule is Cc1ccc(NC(=S)NC2CC2)c(F)c1. The molecule has 0 atom stereocenters. The van der Waals surface area contributed by atoms with Gasteiger partial charge in [0, 0.05) is 6.04 Å². The number of halogens is 1. The fourth-order valence-electron chi connectivity index (χ4n) is 1.29. The molecule has 1 aromatic rings. The minimum Gasteiger partial charge on any atom is -0.360 e. The molecule has 1 fully saturated rings. The van der Waals surface area contributed by atoms with Gasteiger partial charge in [-0.15, -0.1) is 0 Å².